The number of rotatable bonds is 26. The number of hydrogen-bond donors (Lipinski definition) is 1. The molecule has 0 saturated carbocycles. The highest BCUT2D eigenvalue weighted by atomic mass is 16.8. The van der Waals surface area contributed by atoms with Crippen LogP contribution >= 0.6 is 0 Å². The number of amides is 1. The van der Waals surface area contributed by atoms with E-state index in [0.717, 1.165) is 23.8 Å². The van der Waals surface area contributed by atoms with Crippen molar-refractivity contribution in [2.24, 2.45) is 0 Å². The second-order valence-electron chi connectivity index (χ2n) is 20.5. The summed E-state index contributed by atoms with van der Waals surface area (Å²) in [6.45, 7) is -0.00389. The number of benzene rings is 7. The van der Waals surface area contributed by atoms with E-state index >= 15 is 4.79 Å². The minimum absolute atomic E-state index is 0.00474. The van der Waals surface area contributed by atoms with E-state index in [0.29, 0.717) is 0 Å². The van der Waals surface area contributed by atoms with Crippen molar-refractivity contribution in [2.75, 3.05) is 27.4 Å². The second-order valence-corrected chi connectivity index (χ2v) is 20.5. The van der Waals surface area contributed by atoms with Gasteiger partial charge in [0.1, 0.15) is 43.2 Å². The van der Waals surface area contributed by atoms with Crippen molar-refractivity contribution in [2.45, 2.75) is 100 Å². The highest BCUT2D eigenvalue weighted by Gasteiger charge is 2.61. The summed E-state index contributed by atoms with van der Waals surface area (Å²) in [4.78, 5) is 86.1. The topological polar surface area (TPSA) is 225 Å². The number of methoxy groups -OCH3 is 2. The Morgan fingerprint density at radius 1 is 0.529 bits per heavy atom. The van der Waals surface area contributed by atoms with Crippen LogP contribution in [0, 0.1) is 0 Å². The molecular weight excluding hydrogens is 1120 g/mol. The molecule has 0 aliphatic carbocycles. The van der Waals surface area contributed by atoms with Crippen molar-refractivity contribution in [1.29, 1.82) is 0 Å². The molecule has 2 saturated heterocycles. The van der Waals surface area contributed by atoms with Gasteiger partial charge in [-0.25, -0.2) is 24.0 Å². The van der Waals surface area contributed by atoms with E-state index in [4.69, 9.17) is 56.8 Å². The van der Waals surface area contributed by atoms with E-state index in [1.54, 1.807) is 72.8 Å². The highest BCUT2D eigenvalue weighted by Crippen LogP contribution is 2.40. The second kappa shape index (κ2) is 30.9. The Morgan fingerprint density at radius 2 is 0.954 bits per heavy atom. The van der Waals surface area contributed by atoms with Crippen LogP contribution in [0.3, 0.4) is 0 Å². The van der Waals surface area contributed by atoms with E-state index in [-0.39, 0.29) is 42.1 Å². The average molecular weight is 1190 g/mol. The molecule has 7 aromatic rings. The molecule has 0 unspecified atom stereocenters. The van der Waals surface area contributed by atoms with Gasteiger partial charge in [0.25, 0.3) is 5.79 Å². The fraction of sp³-hybridized carbons (Fsp3) is 0.294. The van der Waals surface area contributed by atoms with Gasteiger partial charge in [0.15, 0.2) is 18.5 Å². The molecule has 19 nitrogen and oxygen atoms in total. The molecular formula is C68H67NO18. The maximum absolute atomic E-state index is 15.1. The van der Waals surface area contributed by atoms with Crippen molar-refractivity contribution in [1.82, 2.24) is 5.32 Å². The Labute approximate surface area is 503 Å². The number of esters is 5. The lowest BCUT2D eigenvalue weighted by Gasteiger charge is -2.49. The third-order valence-electron chi connectivity index (χ3n) is 14.4. The van der Waals surface area contributed by atoms with Gasteiger partial charge in [0.05, 0.1) is 68.3 Å². The summed E-state index contributed by atoms with van der Waals surface area (Å²) in [6, 6.07) is 58.2. The third-order valence-corrected chi connectivity index (χ3v) is 14.4. The highest BCUT2D eigenvalue weighted by molar-refractivity contribution is 5.91. The first kappa shape index (κ1) is 62.6. The number of nitrogens with one attached hydrogen (secondary N) is 1. The first-order chi connectivity index (χ1) is 42.4. The van der Waals surface area contributed by atoms with Gasteiger partial charge < -0.3 is 62.2 Å². The molecule has 2 fully saturated rings. The van der Waals surface area contributed by atoms with Gasteiger partial charge in [-0.05, 0) is 65.2 Å². The molecule has 1 amide bonds. The average Bonchev–Trinajstić information content (AvgIpc) is 1.78. The Hall–Kier alpha value is -8.92. The molecule has 7 aromatic carbocycles. The molecule has 452 valence electrons. The summed E-state index contributed by atoms with van der Waals surface area (Å²) < 4.78 is 77.4. The zero-order chi connectivity index (χ0) is 61.0. The Morgan fingerprint density at radius 3 is 1.41 bits per heavy atom. The first-order valence-electron chi connectivity index (χ1n) is 28.2. The fourth-order valence-corrected chi connectivity index (χ4v) is 10.2. The van der Waals surface area contributed by atoms with Crippen molar-refractivity contribution in [3.63, 3.8) is 0 Å². The molecule has 2 heterocycles. The number of carbonyl (C=O) groups is 6. The molecule has 2 aliphatic rings. The van der Waals surface area contributed by atoms with Gasteiger partial charge in [-0.3, -0.25) is 4.79 Å². The van der Waals surface area contributed by atoms with Gasteiger partial charge in [0, 0.05) is 14.0 Å². The lowest BCUT2D eigenvalue weighted by Crippen LogP contribution is -2.70. The van der Waals surface area contributed by atoms with Crippen molar-refractivity contribution >= 4 is 35.8 Å². The van der Waals surface area contributed by atoms with E-state index in [9.17, 15) is 24.0 Å². The quantitative estimate of drug-likeness (QED) is 0.0395. The van der Waals surface area contributed by atoms with E-state index in [1.165, 1.54) is 62.6 Å². The summed E-state index contributed by atoms with van der Waals surface area (Å²) in [5.41, 5.74) is 2.71. The molecule has 11 atom stereocenters. The van der Waals surface area contributed by atoms with Gasteiger partial charge >= 0.3 is 29.8 Å². The maximum atomic E-state index is 15.1. The van der Waals surface area contributed by atoms with Crippen LogP contribution in [-0.2, 0) is 86.3 Å². The van der Waals surface area contributed by atoms with Crippen molar-refractivity contribution in [3.05, 3.63) is 251 Å². The number of carbonyl (C=O) groups excluding carboxylic acids is 6. The van der Waals surface area contributed by atoms with Crippen molar-refractivity contribution < 1.29 is 85.6 Å². The number of ether oxygens (including phenoxy) is 12. The molecule has 0 radical (unpaired) electrons. The van der Waals surface area contributed by atoms with Crippen LogP contribution in [0.5, 0.6) is 0 Å². The lowest BCUT2D eigenvalue weighted by atomic mass is 9.87. The molecule has 2 aliphatic heterocycles. The van der Waals surface area contributed by atoms with Crippen LogP contribution in [0.2, 0.25) is 0 Å². The van der Waals surface area contributed by atoms with Gasteiger partial charge in [-0.2, -0.15) is 0 Å². The maximum Gasteiger partial charge on any atom is 0.366 e. The van der Waals surface area contributed by atoms with E-state index in [1.807, 2.05) is 91.0 Å². The molecule has 0 spiro atoms. The summed E-state index contributed by atoms with van der Waals surface area (Å²) >= 11 is 0. The fourth-order valence-electron chi connectivity index (χ4n) is 10.2. The zero-order valence-corrected chi connectivity index (χ0v) is 48.1. The lowest BCUT2D eigenvalue weighted by molar-refractivity contribution is -0.347. The predicted molar refractivity (Wildman–Crippen MR) is 312 cm³/mol. The van der Waals surface area contributed by atoms with Crippen LogP contribution in [0.25, 0.3) is 0 Å². The molecule has 1 N–H and O–H groups in total. The van der Waals surface area contributed by atoms with Gasteiger partial charge in [0.2, 0.25) is 5.91 Å². The third kappa shape index (κ3) is 16.7. The van der Waals surface area contributed by atoms with Crippen LogP contribution in [-0.4, -0.2) is 130 Å². The van der Waals surface area contributed by atoms with Crippen LogP contribution in [0.15, 0.2) is 212 Å². The van der Waals surface area contributed by atoms with E-state index in [2.05, 4.69) is 5.32 Å². The smallest absolute Gasteiger partial charge is 0.366 e. The van der Waals surface area contributed by atoms with Crippen LogP contribution in [0.4, 0.5) is 0 Å². The Kier molecular flexibility index (Phi) is 22.3. The van der Waals surface area contributed by atoms with E-state index < -0.39 is 122 Å². The molecule has 9 rings (SSSR count). The van der Waals surface area contributed by atoms with Crippen LogP contribution < -0.4 is 5.32 Å². The minimum atomic E-state index is -2.71. The molecule has 19 heteroatoms. The van der Waals surface area contributed by atoms with Gasteiger partial charge in [-0.1, -0.05) is 164 Å². The monoisotopic (exact) mass is 1190 g/mol. The normalized spacial score (nSPS) is 22.3. The molecule has 0 bridgehead atoms. The standard InChI is InChI=1S/C68H67NO18/c1-45(70)69-56-53(83-63(72)50-33-19-8-20-34-50)39-68(67(75)77-3,87-59(56)58(86-65(74)52-37-23-10-24-38-52)54(84-64(73)51-35-21-9-22-36-51)43-81-62(71)49-31-17-7-18-32-49)82-44-55-57(78-40-46-25-11-4-12-26-46)60(79-41-47-27-13-5-14-28-47)61(66(76-2)85-55)80-42-48-29-15-6-16-30-48/h4-38,53-61,66H,39-44H2,1-3H3,(H,69,70)/t53-,54+,55+,56+,57+,58+,59+,60-,61+,66-,68-/m0/s1. The predicted octanol–water partition coefficient (Wildman–Crippen LogP) is 8.83. The van der Waals surface area contributed by atoms with Crippen LogP contribution in [0.1, 0.15) is 71.5 Å². The van der Waals surface area contributed by atoms with Gasteiger partial charge in [-0.15, -0.1) is 0 Å². The summed E-state index contributed by atoms with van der Waals surface area (Å²) in [6.07, 6.45) is -13.5. The van der Waals surface area contributed by atoms with Crippen molar-refractivity contribution in [3.8, 4) is 0 Å². The molecule has 87 heavy (non-hydrogen) atoms. The first-order valence-corrected chi connectivity index (χ1v) is 28.2. The number of hydrogen-bond acceptors (Lipinski definition) is 18. The molecule has 0 aromatic heterocycles. The summed E-state index contributed by atoms with van der Waals surface area (Å²) in [5, 5.41) is 2.80. The minimum Gasteiger partial charge on any atom is -0.465 e. The summed E-state index contributed by atoms with van der Waals surface area (Å²) in [7, 11) is 2.51. The SMILES string of the molecule is COC(=O)[C@]1(OC[C@H]2O[C@H](OC)[C@H](OCc3ccccc3)[C@@H](OCc3ccccc3)[C@@H]2OCc2ccccc2)C[C@H](OC(=O)c2ccccc2)[C@@H](NC(C)=O)[C@H]([C@H](OC(=O)c2ccccc2)[C@@H](COC(=O)c2ccccc2)OC(=O)c2ccccc2)O1. The summed E-state index contributed by atoms with van der Waals surface area (Å²) in [5.74, 6) is -8.36. The Balaban J connectivity index is 1.16. The Bertz CT molecular complexity index is 3310. The zero-order valence-electron chi connectivity index (χ0n) is 48.1. The largest absolute Gasteiger partial charge is 0.465 e.